The summed E-state index contributed by atoms with van der Waals surface area (Å²) in [7, 11) is 0. The minimum absolute atomic E-state index is 0.0331. The van der Waals surface area contributed by atoms with Crippen LogP contribution in [0.5, 0.6) is 0 Å². The smallest absolute Gasteiger partial charge is 0.410 e. The lowest BCUT2D eigenvalue weighted by molar-refractivity contribution is 0.102. The number of carbonyl (C=O) groups excluding carboxylic acids is 2. The second kappa shape index (κ2) is 8.85. The highest BCUT2D eigenvalue weighted by Gasteiger charge is 2.27. The van der Waals surface area contributed by atoms with Gasteiger partial charge in [-0.15, -0.1) is 17.8 Å². The molecule has 146 valence electrons. The van der Waals surface area contributed by atoms with Crippen LogP contribution in [0.3, 0.4) is 0 Å². The molecule has 0 bridgehead atoms. The van der Waals surface area contributed by atoms with Gasteiger partial charge in [0.25, 0.3) is 5.91 Å². The zero-order valence-electron chi connectivity index (χ0n) is 15.4. The Bertz CT molecular complexity index is 914. The first-order chi connectivity index (χ1) is 13.5. The van der Waals surface area contributed by atoms with Crippen LogP contribution in [0, 0.1) is 25.1 Å². The minimum Gasteiger partial charge on any atom is -0.436 e. The number of thiazole rings is 1. The third-order valence-electron chi connectivity index (χ3n) is 4.57. The van der Waals surface area contributed by atoms with E-state index >= 15 is 0 Å². The summed E-state index contributed by atoms with van der Waals surface area (Å²) in [6.07, 6.45) is 6.17. The van der Waals surface area contributed by atoms with Gasteiger partial charge in [0.15, 0.2) is 6.61 Å². The van der Waals surface area contributed by atoms with Crippen molar-refractivity contribution in [2.24, 2.45) is 0 Å². The lowest BCUT2D eigenvalue weighted by Gasteiger charge is -2.30. The topological polar surface area (TPSA) is 71.5 Å². The molecule has 1 aliphatic rings. The lowest BCUT2D eigenvalue weighted by Crippen LogP contribution is -2.38. The molecule has 6 nitrogen and oxygen atoms in total. The Balaban J connectivity index is 1.57. The number of hydrogen-bond acceptors (Lipinski definition) is 5. The van der Waals surface area contributed by atoms with Crippen molar-refractivity contribution in [2.45, 2.75) is 25.7 Å². The molecule has 8 heteroatoms. The van der Waals surface area contributed by atoms with E-state index in [2.05, 4.69) is 16.2 Å². The number of terminal acetylenes is 1. The fourth-order valence-electron chi connectivity index (χ4n) is 2.95. The standard InChI is InChI=1S/C20H20FN3O3S/c1-3-10-27-20(26)24-8-6-14(7-9-24)19-23-17(12-28-19)18(25)22-15-5-4-13(2)16(21)11-15/h1,4-5,11-12,14H,6-10H2,2H3,(H,22,25). The summed E-state index contributed by atoms with van der Waals surface area (Å²) in [4.78, 5) is 30.3. The molecule has 0 radical (unpaired) electrons. The van der Waals surface area contributed by atoms with Gasteiger partial charge in [-0.05, 0) is 37.5 Å². The number of nitrogens with zero attached hydrogens (tertiary/aromatic N) is 2. The van der Waals surface area contributed by atoms with Gasteiger partial charge >= 0.3 is 6.09 Å². The van der Waals surface area contributed by atoms with Gasteiger partial charge in [-0.3, -0.25) is 4.79 Å². The highest BCUT2D eigenvalue weighted by Crippen LogP contribution is 2.30. The normalized spacial score (nSPS) is 14.4. The number of hydrogen-bond donors (Lipinski definition) is 1. The fraction of sp³-hybridized carbons (Fsp3) is 0.350. The van der Waals surface area contributed by atoms with E-state index in [-0.39, 0.29) is 24.2 Å². The van der Waals surface area contributed by atoms with Crippen molar-refractivity contribution in [3.8, 4) is 12.3 Å². The molecule has 0 atom stereocenters. The average molecular weight is 401 g/mol. The number of rotatable bonds is 4. The summed E-state index contributed by atoms with van der Waals surface area (Å²) in [5, 5.41) is 5.22. The Kier molecular flexibility index (Phi) is 6.26. The molecule has 0 spiro atoms. The molecule has 0 unspecified atom stereocenters. The molecule has 1 N–H and O–H groups in total. The zero-order valence-corrected chi connectivity index (χ0v) is 16.2. The van der Waals surface area contributed by atoms with Crippen molar-refractivity contribution in [3.05, 3.63) is 45.7 Å². The van der Waals surface area contributed by atoms with E-state index in [1.54, 1.807) is 29.3 Å². The maximum Gasteiger partial charge on any atom is 0.410 e. The quantitative estimate of drug-likeness (QED) is 0.792. The van der Waals surface area contributed by atoms with Gasteiger partial charge in [0.05, 0.1) is 5.01 Å². The lowest BCUT2D eigenvalue weighted by atomic mass is 9.98. The summed E-state index contributed by atoms with van der Waals surface area (Å²) in [5.74, 6) is 1.71. The number of halogens is 1. The van der Waals surface area contributed by atoms with Crippen molar-refractivity contribution in [3.63, 3.8) is 0 Å². The highest BCUT2D eigenvalue weighted by molar-refractivity contribution is 7.10. The number of benzene rings is 1. The summed E-state index contributed by atoms with van der Waals surface area (Å²) in [5.41, 5.74) is 1.21. The van der Waals surface area contributed by atoms with Gasteiger partial charge in [-0.1, -0.05) is 12.0 Å². The zero-order chi connectivity index (χ0) is 20.1. The molecule has 2 amide bonds. The van der Waals surface area contributed by atoms with Crippen LogP contribution < -0.4 is 5.32 Å². The highest BCUT2D eigenvalue weighted by atomic mass is 32.1. The van der Waals surface area contributed by atoms with Gasteiger partial charge in [0.1, 0.15) is 11.5 Å². The molecule has 0 aliphatic carbocycles. The van der Waals surface area contributed by atoms with Gasteiger partial charge < -0.3 is 15.0 Å². The monoisotopic (exact) mass is 401 g/mol. The molecule has 0 saturated carbocycles. The summed E-state index contributed by atoms with van der Waals surface area (Å²) in [6.45, 7) is 2.73. The van der Waals surface area contributed by atoms with Crippen LogP contribution in [0.25, 0.3) is 0 Å². The number of carbonyl (C=O) groups is 2. The average Bonchev–Trinajstić information content (AvgIpc) is 3.19. The number of anilines is 1. The van der Waals surface area contributed by atoms with Crippen LogP contribution in [0.15, 0.2) is 23.6 Å². The SMILES string of the molecule is C#CCOC(=O)N1CCC(c2nc(C(=O)Nc3ccc(C)c(F)c3)cs2)CC1. The minimum atomic E-state index is -0.402. The number of aryl methyl sites for hydroxylation is 1. The van der Waals surface area contributed by atoms with Crippen molar-refractivity contribution in [1.82, 2.24) is 9.88 Å². The number of aromatic nitrogens is 1. The first kappa shape index (κ1) is 19.8. The number of amides is 2. The molecule has 2 aromatic rings. The third kappa shape index (κ3) is 4.67. The van der Waals surface area contributed by atoms with Crippen LogP contribution in [0.2, 0.25) is 0 Å². The van der Waals surface area contributed by atoms with E-state index in [9.17, 15) is 14.0 Å². The Morgan fingerprint density at radius 1 is 1.43 bits per heavy atom. The molecule has 1 saturated heterocycles. The van der Waals surface area contributed by atoms with Crippen molar-refractivity contribution in [1.29, 1.82) is 0 Å². The van der Waals surface area contributed by atoms with E-state index in [1.165, 1.54) is 17.4 Å². The van der Waals surface area contributed by atoms with Crippen LogP contribution in [0.1, 0.15) is 39.8 Å². The van der Waals surface area contributed by atoms with Crippen molar-refractivity contribution < 1.29 is 18.7 Å². The molecule has 1 aromatic carbocycles. The van der Waals surface area contributed by atoms with E-state index in [4.69, 9.17) is 11.2 Å². The van der Waals surface area contributed by atoms with Gasteiger partial charge in [0, 0.05) is 30.1 Å². The number of nitrogens with one attached hydrogen (secondary N) is 1. The second-order valence-corrected chi connectivity index (χ2v) is 7.40. The molecule has 1 fully saturated rings. The molecule has 1 aromatic heterocycles. The van der Waals surface area contributed by atoms with Gasteiger partial charge in [-0.25, -0.2) is 14.2 Å². The molecule has 2 heterocycles. The summed E-state index contributed by atoms with van der Waals surface area (Å²) >= 11 is 1.42. The summed E-state index contributed by atoms with van der Waals surface area (Å²) in [6, 6.07) is 4.55. The largest absolute Gasteiger partial charge is 0.436 e. The summed E-state index contributed by atoms with van der Waals surface area (Å²) < 4.78 is 18.6. The predicted molar refractivity (Wildman–Crippen MR) is 105 cm³/mol. The number of piperidine rings is 1. The predicted octanol–water partition coefficient (Wildman–Crippen LogP) is 3.79. The van der Waals surface area contributed by atoms with Gasteiger partial charge in [-0.2, -0.15) is 0 Å². The second-order valence-electron chi connectivity index (χ2n) is 6.51. The Hall–Kier alpha value is -2.92. The maximum absolute atomic E-state index is 13.6. The Morgan fingerprint density at radius 2 is 2.18 bits per heavy atom. The molecule has 1 aliphatic heterocycles. The van der Waals surface area contributed by atoms with Crippen LogP contribution >= 0.6 is 11.3 Å². The number of ether oxygens (including phenoxy) is 1. The molecular formula is C20H20FN3O3S. The fourth-order valence-corrected chi connectivity index (χ4v) is 3.92. The molecule has 3 rings (SSSR count). The molecule has 28 heavy (non-hydrogen) atoms. The Morgan fingerprint density at radius 3 is 2.86 bits per heavy atom. The first-order valence-electron chi connectivity index (χ1n) is 8.86. The van der Waals surface area contributed by atoms with Gasteiger partial charge in [0.2, 0.25) is 0 Å². The Labute approximate surface area is 166 Å². The van der Waals surface area contributed by atoms with Crippen molar-refractivity contribution in [2.75, 3.05) is 25.0 Å². The van der Waals surface area contributed by atoms with Crippen LogP contribution in [-0.4, -0.2) is 41.6 Å². The van der Waals surface area contributed by atoms with E-state index in [0.717, 1.165) is 17.8 Å². The van der Waals surface area contributed by atoms with E-state index in [0.29, 0.717) is 30.0 Å². The maximum atomic E-state index is 13.6. The van der Waals surface area contributed by atoms with Crippen LogP contribution in [0.4, 0.5) is 14.9 Å². The first-order valence-corrected chi connectivity index (χ1v) is 9.74. The number of likely N-dealkylation sites (tertiary alicyclic amines) is 1. The van der Waals surface area contributed by atoms with Crippen molar-refractivity contribution >= 4 is 29.0 Å². The van der Waals surface area contributed by atoms with E-state index < -0.39 is 6.09 Å². The van der Waals surface area contributed by atoms with Crippen LogP contribution in [-0.2, 0) is 4.74 Å². The van der Waals surface area contributed by atoms with E-state index in [1.807, 2.05) is 0 Å². The molecular weight excluding hydrogens is 381 g/mol. The third-order valence-corrected chi connectivity index (χ3v) is 5.57.